The molecule has 1 unspecified atom stereocenters. The smallest absolute Gasteiger partial charge is 0.244 e. The lowest BCUT2D eigenvalue weighted by molar-refractivity contribution is -0.133. The molecule has 0 aromatic heterocycles. The second-order valence-electron chi connectivity index (χ2n) is 4.73. The Hall–Kier alpha value is -1.39. The number of carbonyl (C=O) groups excluding carboxylic acids is 1. The highest BCUT2D eigenvalue weighted by Gasteiger charge is 2.31. The van der Waals surface area contributed by atoms with Gasteiger partial charge in [-0.2, -0.15) is 0 Å². The maximum atomic E-state index is 12.4. The van der Waals surface area contributed by atoms with Crippen molar-refractivity contribution in [2.75, 3.05) is 13.2 Å². The predicted octanol–water partition coefficient (Wildman–Crippen LogP) is 1.06. The van der Waals surface area contributed by atoms with E-state index < -0.39 is 6.04 Å². The summed E-state index contributed by atoms with van der Waals surface area (Å²) < 4.78 is 0. The van der Waals surface area contributed by atoms with Crippen LogP contribution in [0.4, 0.5) is 0 Å². The normalized spacial score (nSPS) is 21.0. The highest BCUT2D eigenvalue weighted by molar-refractivity contribution is 5.83. The summed E-state index contributed by atoms with van der Waals surface area (Å²) in [6.45, 7) is 0.874. The van der Waals surface area contributed by atoms with Crippen LogP contribution in [0.25, 0.3) is 0 Å². The zero-order chi connectivity index (χ0) is 13.0. The minimum Gasteiger partial charge on any atom is -0.396 e. The van der Waals surface area contributed by atoms with Crippen LogP contribution in [0.2, 0.25) is 0 Å². The molecule has 0 saturated carbocycles. The molecule has 4 nitrogen and oxygen atoms in total. The van der Waals surface area contributed by atoms with Crippen molar-refractivity contribution in [2.45, 2.75) is 31.3 Å². The summed E-state index contributed by atoms with van der Waals surface area (Å²) in [5.74, 6) is -0.0304. The highest BCUT2D eigenvalue weighted by Crippen LogP contribution is 2.23. The fourth-order valence-electron chi connectivity index (χ4n) is 2.56. The minimum absolute atomic E-state index is 0.0304. The third-order valence-electron chi connectivity index (χ3n) is 3.55. The summed E-state index contributed by atoms with van der Waals surface area (Å²) in [6, 6.07) is 8.99. The minimum atomic E-state index is -0.592. The van der Waals surface area contributed by atoms with E-state index in [0.29, 0.717) is 6.42 Å². The first kappa shape index (κ1) is 13.1. The first-order valence-electron chi connectivity index (χ1n) is 6.46. The molecule has 0 spiro atoms. The summed E-state index contributed by atoms with van der Waals surface area (Å²) in [5, 5.41) is 9.01. The van der Waals surface area contributed by atoms with Crippen molar-refractivity contribution in [1.29, 1.82) is 0 Å². The number of nitrogens with two attached hydrogens (primary N) is 1. The summed E-state index contributed by atoms with van der Waals surface area (Å²) in [5.41, 5.74) is 6.87. The predicted molar refractivity (Wildman–Crippen MR) is 69.8 cm³/mol. The molecule has 1 aromatic rings. The van der Waals surface area contributed by atoms with Crippen molar-refractivity contribution in [3.8, 4) is 0 Å². The van der Waals surface area contributed by atoms with Gasteiger partial charge in [-0.05, 0) is 24.8 Å². The van der Waals surface area contributed by atoms with Gasteiger partial charge in [0.15, 0.2) is 0 Å². The van der Waals surface area contributed by atoms with Gasteiger partial charge in [-0.1, -0.05) is 30.3 Å². The average Bonchev–Trinajstić information content (AvgIpc) is 2.87. The van der Waals surface area contributed by atoms with Crippen LogP contribution in [0.3, 0.4) is 0 Å². The molecule has 98 valence electrons. The molecular formula is C14H20N2O2. The van der Waals surface area contributed by atoms with Crippen molar-refractivity contribution in [3.63, 3.8) is 0 Å². The maximum absolute atomic E-state index is 12.4. The molecule has 2 rings (SSSR count). The number of hydrogen-bond donors (Lipinski definition) is 2. The Bertz CT molecular complexity index is 394. The molecule has 1 saturated heterocycles. The van der Waals surface area contributed by atoms with Gasteiger partial charge in [-0.15, -0.1) is 0 Å². The lowest BCUT2D eigenvalue weighted by atomic mass is 10.1. The second-order valence-corrected chi connectivity index (χ2v) is 4.73. The Labute approximate surface area is 107 Å². The van der Waals surface area contributed by atoms with Gasteiger partial charge in [-0.25, -0.2) is 0 Å². The van der Waals surface area contributed by atoms with E-state index in [9.17, 15) is 4.79 Å². The Balaban J connectivity index is 2.06. The van der Waals surface area contributed by atoms with Crippen LogP contribution < -0.4 is 5.73 Å². The molecule has 0 aliphatic carbocycles. The van der Waals surface area contributed by atoms with Gasteiger partial charge in [0.2, 0.25) is 5.91 Å². The molecular weight excluding hydrogens is 228 g/mol. The van der Waals surface area contributed by atoms with Crippen molar-refractivity contribution in [2.24, 2.45) is 5.73 Å². The van der Waals surface area contributed by atoms with Crippen LogP contribution in [0.5, 0.6) is 0 Å². The van der Waals surface area contributed by atoms with E-state index in [0.717, 1.165) is 24.9 Å². The lowest BCUT2D eigenvalue weighted by Crippen LogP contribution is -2.41. The van der Waals surface area contributed by atoms with Crippen LogP contribution in [-0.2, 0) is 4.79 Å². The van der Waals surface area contributed by atoms with E-state index in [1.165, 1.54) is 0 Å². The average molecular weight is 248 g/mol. The summed E-state index contributed by atoms with van der Waals surface area (Å²) in [4.78, 5) is 14.2. The van der Waals surface area contributed by atoms with Gasteiger partial charge in [0.1, 0.15) is 6.04 Å². The SMILES string of the molecule is N[C@@H](C(=O)N1CCCC1CCO)c1ccccc1. The number of likely N-dealkylation sites (tertiary alicyclic amines) is 1. The van der Waals surface area contributed by atoms with E-state index in [-0.39, 0.29) is 18.6 Å². The maximum Gasteiger partial charge on any atom is 0.244 e. The molecule has 1 heterocycles. The Morgan fingerprint density at radius 1 is 1.44 bits per heavy atom. The van der Waals surface area contributed by atoms with Gasteiger partial charge in [-0.3, -0.25) is 4.79 Å². The Kier molecular flexibility index (Phi) is 4.33. The third-order valence-corrected chi connectivity index (χ3v) is 3.55. The number of amides is 1. The van der Waals surface area contributed by atoms with Crippen LogP contribution in [0.15, 0.2) is 30.3 Å². The second kappa shape index (κ2) is 5.98. The molecule has 0 bridgehead atoms. The molecule has 0 radical (unpaired) electrons. The number of carbonyl (C=O) groups is 1. The van der Waals surface area contributed by atoms with E-state index in [1.807, 2.05) is 35.2 Å². The molecule has 3 N–H and O–H groups in total. The number of aliphatic hydroxyl groups excluding tert-OH is 1. The standard InChI is InChI=1S/C14H20N2O2/c15-13(11-5-2-1-3-6-11)14(18)16-9-4-7-12(16)8-10-17/h1-3,5-6,12-13,17H,4,7-10,15H2/t12?,13-/m1/s1. The van der Waals surface area contributed by atoms with Crippen LogP contribution >= 0.6 is 0 Å². The zero-order valence-electron chi connectivity index (χ0n) is 10.5. The van der Waals surface area contributed by atoms with Gasteiger partial charge < -0.3 is 15.7 Å². The fraction of sp³-hybridized carbons (Fsp3) is 0.500. The van der Waals surface area contributed by atoms with E-state index in [4.69, 9.17) is 10.8 Å². The first-order valence-corrected chi connectivity index (χ1v) is 6.46. The topological polar surface area (TPSA) is 66.6 Å². The first-order chi connectivity index (χ1) is 8.74. The van der Waals surface area contributed by atoms with E-state index in [1.54, 1.807) is 0 Å². The number of hydrogen-bond acceptors (Lipinski definition) is 3. The molecule has 2 atom stereocenters. The number of rotatable bonds is 4. The van der Waals surface area contributed by atoms with Crippen molar-refractivity contribution < 1.29 is 9.90 Å². The number of nitrogens with zero attached hydrogens (tertiary/aromatic N) is 1. The molecule has 1 aromatic carbocycles. The number of aliphatic hydroxyl groups is 1. The van der Waals surface area contributed by atoms with Crippen LogP contribution in [0, 0.1) is 0 Å². The third kappa shape index (κ3) is 2.71. The van der Waals surface area contributed by atoms with E-state index >= 15 is 0 Å². The molecule has 1 fully saturated rings. The largest absolute Gasteiger partial charge is 0.396 e. The highest BCUT2D eigenvalue weighted by atomic mass is 16.3. The molecule has 1 amide bonds. The Morgan fingerprint density at radius 2 is 2.17 bits per heavy atom. The number of benzene rings is 1. The monoisotopic (exact) mass is 248 g/mol. The van der Waals surface area contributed by atoms with Crippen LogP contribution in [-0.4, -0.2) is 35.1 Å². The van der Waals surface area contributed by atoms with Crippen molar-refractivity contribution >= 4 is 5.91 Å². The fourth-order valence-corrected chi connectivity index (χ4v) is 2.56. The summed E-state index contributed by atoms with van der Waals surface area (Å²) in [7, 11) is 0. The molecule has 1 aliphatic rings. The van der Waals surface area contributed by atoms with Gasteiger partial charge in [0.25, 0.3) is 0 Å². The molecule has 4 heteroatoms. The van der Waals surface area contributed by atoms with Gasteiger partial charge in [0, 0.05) is 19.2 Å². The quantitative estimate of drug-likeness (QED) is 0.837. The van der Waals surface area contributed by atoms with Gasteiger partial charge >= 0.3 is 0 Å². The zero-order valence-corrected chi connectivity index (χ0v) is 10.5. The van der Waals surface area contributed by atoms with Crippen molar-refractivity contribution in [1.82, 2.24) is 4.90 Å². The van der Waals surface area contributed by atoms with Crippen molar-refractivity contribution in [3.05, 3.63) is 35.9 Å². The van der Waals surface area contributed by atoms with Gasteiger partial charge in [0.05, 0.1) is 0 Å². The van der Waals surface area contributed by atoms with Crippen LogP contribution in [0.1, 0.15) is 30.9 Å². The molecule has 1 aliphatic heterocycles. The Morgan fingerprint density at radius 3 is 2.83 bits per heavy atom. The summed E-state index contributed by atoms with van der Waals surface area (Å²) in [6.07, 6.45) is 2.61. The summed E-state index contributed by atoms with van der Waals surface area (Å²) >= 11 is 0. The lowest BCUT2D eigenvalue weighted by Gasteiger charge is -2.27. The van der Waals surface area contributed by atoms with E-state index in [2.05, 4.69) is 0 Å². The molecule has 18 heavy (non-hydrogen) atoms.